The molecule has 0 fully saturated rings. The molecule has 0 aliphatic rings. The van der Waals surface area contributed by atoms with E-state index in [-0.39, 0.29) is 100 Å². The van der Waals surface area contributed by atoms with Crippen molar-refractivity contribution in [3.05, 3.63) is 50.6 Å². The molecular weight excluding hydrogens is 1560 g/mol. The molecule has 0 unspecified atom stereocenters. The summed E-state index contributed by atoms with van der Waals surface area (Å²) in [5.41, 5.74) is 0. The van der Waals surface area contributed by atoms with Gasteiger partial charge in [-0.15, -0.1) is 49.3 Å². The minimum absolute atomic E-state index is 0. The number of carbonyl (C=O) groups excluding carboxylic acids is 4. The van der Waals surface area contributed by atoms with E-state index >= 15 is 0 Å². The quantitative estimate of drug-likeness (QED) is 0.0145. The fourth-order valence-electron chi connectivity index (χ4n) is 11.6. The van der Waals surface area contributed by atoms with Crippen molar-refractivity contribution in [2.24, 2.45) is 0 Å². The zero-order valence-corrected chi connectivity index (χ0v) is 74.4. The van der Waals surface area contributed by atoms with Crippen LogP contribution in [0, 0.1) is 0 Å². The van der Waals surface area contributed by atoms with Gasteiger partial charge in [0.15, 0.2) is 0 Å². The largest absolute Gasteiger partial charge is 2.00 e. The Morgan fingerprint density at radius 3 is 0.406 bits per heavy atom. The SMILES string of the molecule is C.C.C=CCCCCCCCCCCCCCCCCC(=O)OCC[S-].C=CCCCCCCCCCCCCCCCCC(=O)OCC[S-].C=CCCCCCCCCCCCCCCCCC(=O)OCC[S-].C=CCCCCCCCCCCCCCCCCC(=O)OCC[S-].S.[Sn+2].[Sn+2]. The third kappa shape index (κ3) is 124. The predicted octanol–water partition coefficient (Wildman–Crippen LogP) is 26.6. The van der Waals surface area contributed by atoms with Crippen molar-refractivity contribution in [3.63, 3.8) is 0 Å². The second-order valence-corrected chi connectivity index (χ2v) is 28.4. The second kappa shape index (κ2) is 116. The van der Waals surface area contributed by atoms with Crippen molar-refractivity contribution in [1.82, 2.24) is 0 Å². The van der Waals surface area contributed by atoms with Crippen LogP contribution in [0.25, 0.3) is 0 Å². The summed E-state index contributed by atoms with van der Waals surface area (Å²) in [7, 11) is 0. The third-order valence-corrected chi connectivity index (χ3v) is 18.2. The first-order valence-corrected chi connectivity index (χ1v) is 42.9. The number of ether oxygens (including phenoxy) is 4. The number of unbranched alkanes of at least 4 members (excludes halogenated alkanes) is 56. The molecule has 0 aliphatic carbocycles. The van der Waals surface area contributed by atoms with E-state index in [1.165, 1.54) is 334 Å². The number of esters is 4. The van der Waals surface area contributed by atoms with Crippen molar-refractivity contribution in [1.29, 1.82) is 0 Å². The molecule has 15 heteroatoms. The summed E-state index contributed by atoms with van der Waals surface area (Å²) in [5.74, 6) is 1.67. The second-order valence-electron chi connectivity index (χ2n) is 26.8. The van der Waals surface area contributed by atoms with E-state index in [4.69, 9.17) is 69.5 Å². The number of carbonyl (C=O) groups is 4. The van der Waals surface area contributed by atoms with Crippen LogP contribution in [0.5, 0.6) is 0 Å². The molecule has 0 atom stereocenters. The Hall–Kier alpha value is 0.187. The number of allylic oxidation sites excluding steroid dienone is 4. The minimum atomic E-state index is -0.0828. The molecule has 0 bridgehead atoms. The van der Waals surface area contributed by atoms with Crippen molar-refractivity contribution < 1.29 is 38.1 Å². The van der Waals surface area contributed by atoms with Gasteiger partial charge in [-0.3, -0.25) is 19.2 Å². The molecule has 0 N–H and O–H groups in total. The molecule has 8 nitrogen and oxygen atoms in total. The molecule has 0 aromatic rings. The Balaban J connectivity index is -0.000000157. The summed E-state index contributed by atoms with van der Waals surface area (Å²) in [6, 6.07) is 0. The smallest absolute Gasteiger partial charge is 0.789 e. The summed E-state index contributed by atoms with van der Waals surface area (Å²) in [4.78, 5) is 45.1. The average Bonchev–Trinajstić information content (AvgIpc) is 3.82. The van der Waals surface area contributed by atoms with Gasteiger partial charge in [0.2, 0.25) is 0 Å². The van der Waals surface area contributed by atoms with Crippen LogP contribution in [0.15, 0.2) is 50.6 Å². The molecule has 0 spiro atoms. The minimum Gasteiger partial charge on any atom is -0.789 e. The molecule has 0 saturated carbocycles. The van der Waals surface area contributed by atoms with Crippen LogP contribution in [0.2, 0.25) is 0 Å². The topological polar surface area (TPSA) is 105 Å². The van der Waals surface area contributed by atoms with Crippen molar-refractivity contribution in [2.75, 3.05) is 49.4 Å². The van der Waals surface area contributed by atoms with E-state index in [1.807, 2.05) is 24.3 Å². The van der Waals surface area contributed by atoms with Crippen LogP contribution < -0.4 is 0 Å². The van der Waals surface area contributed by atoms with Gasteiger partial charge >= 0.3 is 71.7 Å². The molecule has 0 aromatic heterocycles. The zero-order chi connectivity index (χ0) is 70.9. The normalized spacial score (nSPS) is 10.2. The van der Waals surface area contributed by atoms with E-state index < -0.39 is 0 Å². The zero-order valence-electron chi connectivity index (χ0n) is 64.4. The van der Waals surface area contributed by atoms with E-state index in [0.29, 0.717) is 75.1 Å². The summed E-state index contributed by atoms with van der Waals surface area (Å²) < 4.78 is 19.9. The van der Waals surface area contributed by atoms with Gasteiger partial charge in [0, 0.05) is 25.7 Å². The monoisotopic (exact) mass is 1730 g/mol. The van der Waals surface area contributed by atoms with Gasteiger partial charge in [-0.05, 0) is 77.0 Å². The Bertz CT molecular complexity index is 1360. The van der Waals surface area contributed by atoms with E-state index in [1.54, 1.807) is 0 Å². The number of hydrogen-bond donors (Lipinski definition) is 0. The van der Waals surface area contributed by atoms with Gasteiger partial charge in [0.25, 0.3) is 0 Å². The van der Waals surface area contributed by atoms with Crippen molar-refractivity contribution in [2.45, 2.75) is 426 Å². The van der Waals surface area contributed by atoms with Crippen LogP contribution in [-0.2, 0) is 88.6 Å². The fourth-order valence-corrected chi connectivity index (χ4v) is 12.0. The van der Waals surface area contributed by atoms with E-state index in [9.17, 15) is 19.2 Å². The predicted molar refractivity (Wildman–Crippen MR) is 464 cm³/mol. The molecule has 0 heterocycles. The number of hydrogen-bond acceptors (Lipinski definition) is 12. The van der Waals surface area contributed by atoms with Gasteiger partial charge in [-0.25, -0.2) is 0 Å². The van der Waals surface area contributed by atoms with Crippen LogP contribution in [0.1, 0.15) is 426 Å². The molecule has 0 aliphatic heterocycles. The Kier molecular flexibility index (Phi) is 137. The van der Waals surface area contributed by atoms with E-state index in [0.717, 1.165) is 51.4 Å². The molecule has 0 saturated heterocycles. The van der Waals surface area contributed by atoms with Crippen molar-refractivity contribution >= 4 is 136 Å². The van der Waals surface area contributed by atoms with Crippen LogP contribution >= 0.6 is 13.5 Å². The maximum atomic E-state index is 11.3. The van der Waals surface area contributed by atoms with Gasteiger partial charge in [0.1, 0.15) is 0 Å². The van der Waals surface area contributed by atoms with Crippen LogP contribution in [0.3, 0.4) is 0 Å². The maximum absolute atomic E-state index is 11.3. The Morgan fingerprint density at radius 2 is 0.307 bits per heavy atom. The first kappa shape index (κ1) is 120. The van der Waals surface area contributed by atoms with Crippen LogP contribution in [0.4, 0.5) is 0 Å². The first-order valence-electron chi connectivity index (χ1n) is 40.6. The maximum Gasteiger partial charge on any atom is 2.00 e. The summed E-state index contributed by atoms with van der Waals surface area (Å²) in [6.45, 7) is 16.6. The fraction of sp³-hybridized carbons (Fsp3) is 0.860. The Morgan fingerprint density at radius 1 is 0.208 bits per heavy atom. The summed E-state index contributed by atoms with van der Waals surface area (Å²) in [6.07, 6.45) is 89.1. The van der Waals surface area contributed by atoms with Gasteiger partial charge < -0.3 is 69.5 Å². The van der Waals surface area contributed by atoms with Gasteiger partial charge in [0.05, 0.1) is 26.4 Å². The standard InChI is InChI=1S/4C21H40O2S.2CH4.H2S.2Sn/c4*1-2-3-4-5-6-7-8-9-10-11-12-13-14-15-16-17-18-21(22)23-19-20-24;;;;;/h4*2,24H,1,3-20H2;2*1H4;1H2;;/q;;;;;;;2*+2/p-4. The molecule has 101 heavy (non-hydrogen) atoms. The molecule has 0 aromatic carbocycles. The van der Waals surface area contributed by atoms with Gasteiger partial charge in [-0.1, -0.05) is 347 Å². The molecule has 596 valence electrons. The molecule has 0 amide bonds. The molecular formula is C86H166O8S5Sn2. The van der Waals surface area contributed by atoms with Gasteiger partial charge in [-0.2, -0.15) is 13.5 Å². The average molecular weight is 1730 g/mol. The summed E-state index contributed by atoms with van der Waals surface area (Å²) >= 11 is 19.0. The first-order chi connectivity index (χ1) is 47.2. The number of rotatable bonds is 76. The van der Waals surface area contributed by atoms with Crippen LogP contribution in [-0.4, -0.2) is 121 Å². The molecule has 4 radical (unpaired) electrons. The Labute approximate surface area is 693 Å². The van der Waals surface area contributed by atoms with E-state index in [2.05, 4.69) is 26.3 Å². The summed E-state index contributed by atoms with van der Waals surface area (Å²) in [5, 5.41) is 0. The third-order valence-electron chi connectivity index (χ3n) is 17.5. The van der Waals surface area contributed by atoms with Crippen molar-refractivity contribution in [3.8, 4) is 0 Å². The molecule has 0 rings (SSSR count).